The molecule has 0 heterocycles. The zero-order valence-corrected chi connectivity index (χ0v) is 10.7. The monoisotopic (exact) mass is 224 g/mol. The predicted molar refractivity (Wildman–Crippen MR) is 64.8 cm³/mol. The van der Waals surface area contributed by atoms with Crippen LogP contribution in [0.3, 0.4) is 0 Å². The van der Waals surface area contributed by atoms with Gasteiger partial charge < -0.3 is 10.4 Å². The smallest absolute Gasteiger partial charge is 0.0746 e. The summed E-state index contributed by atoms with van der Waals surface area (Å²) in [5, 5.41) is 22.5. The molecule has 1 rings (SSSR count). The minimum absolute atomic E-state index is 0.134. The summed E-state index contributed by atoms with van der Waals surface area (Å²) in [4.78, 5) is 0. The van der Waals surface area contributed by atoms with Crippen LogP contribution in [0.5, 0.6) is 0 Å². The van der Waals surface area contributed by atoms with Crippen LogP contribution >= 0.6 is 0 Å². The molecule has 1 aliphatic rings. The fourth-order valence-corrected chi connectivity index (χ4v) is 2.66. The van der Waals surface area contributed by atoms with Crippen molar-refractivity contribution in [2.24, 2.45) is 11.8 Å². The van der Waals surface area contributed by atoms with Crippen molar-refractivity contribution >= 4 is 0 Å². The molecule has 16 heavy (non-hydrogen) atoms. The van der Waals surface area contributed by atoms with Crippen molar-refractivity contribution in [3.63, 3.8) is 0 Å². The molecule has 1 saturated carbocycles. The van der Waals surface area contributed by atoms with E-state index in [1.165, 1.54) is 0 Å². The molecule has 0 spiro atoms. The molecule has 3 heteroatoms. The Morgan fingerprint density at radius 2 is 2.19 bits per heavy atom. The highest BCUT2D eigenvalue weighted by Gasteiger charge is 2.29. The number of nitrogens with one attached hydrogen (secondary N) is 1. The number of hydrogen-bond donors (Lipinski definition) is 2. The summed E-state index contributed by atoms with van der Waals surface area (Å²) in [6.07, 6.45) is 3.99. The van der Waals surface area contributed by atoms with E-state index in [1.807, 2.05) is 6.92 Å². The van der Waals surface area contributed by atoms with E-state index in [-0.39, 0.29) is 12.0 Å². The van der Waals surface area contributed by atoms with E-state index >= 15 is 0 Å². The summed E-state index contributed by atoms with van der Waals surface area (Å²) in [7, 11) is 0. The molecule has 1 aliphatic carbocycles. The fraction of sp³-hybridized carbons (Fsp3) is 0.923. The molecular weight excluding hydrogens is 200 g/mol. The van der Waals surface area contributed by atoms with E-state index in [4.69, 9.17) is 5.26 Å². The predicted octanol–water partition coefficient (Wildman–Crippen LogP) is 2.07. The van der Waals surface area contributed by atoms with Crippen LogP contribution in [0.2, 0.25) is 0 Å². The van der Waals surface area contributed by atoms with E-state index < -0.39 is 5.60 Å². The van der Waals surface area contributed by atoms with Gasteiger partial charge in [0.25, 0.3) is 0 Å². The van der Waals surface area contributed by atoms with Crippen molar-refractivity contribution in [2.45, 2.75) is 58.1 Å². The molecule has 2 N–H and O–H groups in total. The van der Waals surface area contributed by atoms with Crippen molar-refractivity contribution in [3.8, 4) is 6.07 Å². The van der Waals surface area contributed by atoms with E-state index in [1.54, 1.807) is 0 Å². The van der Waals surface area contributed by atoms with Crippen molar-refractivity contribution < 1.29 is 5.11 Å². The number of nitriles is 1. The van der Waals surface area contributed by atoms with Crippen molar-refractivity contribution in [1.29, 1.82) is 5.26 Å². The summed E-state index contributed by atoms with van der Waals surface area (Å²) < 4.78 is 0. The number of nitrogens with zero attached hydrogens (tertiary/aromatic N) is 1. The maximum Gasteiger partial charge on any atom is 0.0746 e. The lowest BCUT2D eigenvalue weighted by molar-refractivity contribution is 0.0353. The normalized spacial score (nSPS) is 29.0. The quantitative estimate of drug-likeness (QED) is 0.751. The summed E-state index contributed by atoms with van der Waals surface area (Å²) in [6.45, 7) is 6.69. The highest BCUT2D eigenvalue weighted by atomic mass is 16.3. The zero-order chi connectivity index (χ0) is 12.2. The molecule has 0 bridgehead atoms. The topological polar surface area (TPSA) is 56.0 Å². The maximum absolute atomic E-state index is 10.2. The first-order valence-corrected chi connectivity index (χ1v) is 6.30. The molecule has 0 aliphatic heterocycles. The van der Waals surface area contributed by atoms with E-state index in [9.17, 15) is 5.11 Å². The van der Waals surface area contributed by atoms with E-state index in [2.05, 4.69) is 25.2 Å². The summed E-state index contributed by atoms with van der Waals surface area (Å²) in [5.74, 6) is 0.627. The standard InChI is InChI=1S/C13H24N2O/c1-10(2)7-13(3,16)9-15-12-6-4-5-11(12)8-14/h10-12,15-16H,4-7,9H2,1-3H3. The molecule has 0 aromatic carbocycles. The van der Waals surface area contributed by atoms with Crippen LogP contribution < -0.4 is 5.32 Å². The molecule has 0 aromatic heterocycles. The summed E-state index contributed by atoms with van der Waals surface area (Å²) in [5.41, 5.74) is -0.656. The molecule has 3 unspecified atom stereocenters. The van der Waals surface area contributed by atoms with Crippen LogP contribution in [0.4, 0.5) is 0 Å². The Morgan fingerprint density at radius 1 is 1.50 bits per heavy atom. The average molecular weight is 224 g/mol. The number of hydrogen-bond acceptors (Lipinski definition) is 3. The Kier molecular flexibility index (Phi) is 4.76. The van der Waals surface area contributed by atoms with Gasteiger partial charge in [0.1, 0.15) is 0 Å². The molecular formula is C13H24N2O. The lowest BCUT2D eigenvalue weighted by Crippen LogP contribution is -2.44. The van der Waals surface area contributed by atoms with Crippen LogP contribution in [0.1, 0.15) is 46.5 Å². The van der Waals surface area contributed by atoms with Gasteiger partial charge in [0, 0.05) is 12.6 Å². The molecule has 0 aromatic rings. The van der Waals surface area contributed by atoms with Gasteiger partial charge in [-0.05, 0) is 32.1 Å². The van der Waals surface area contributed by atoms with Crippen molar-refractivity contribution in [2.75, 3.05) is 6.54 Å². The van der Waals surface area contributed by atoms with Gasteiger partial charge in [0.2, 0.25) is 0 Å². The average Bonchev–Trinajstić information content (AvgIpc) is 2.59. The molecule has 0 saturated heterocycles. The van der Waals surface area contributed by atoms with Crippen LogP contribution in [-0.2, 0) is 0 Å². The van der Waals surface area contributed by atoms with E-state index in [0.29, 0.717) is 12.5 Å². The van der Waals surface area contributed by atoms with Crippen molar-refractivity contribution in [1.82, 2.24) is 5.32 Å². The Labute approximate surface area is 98.8 Å². The Morgan fingerprint density at radius 3 is 2.75 bits per heavy atom. The lowest BCUT2D eigenvalue weighted by atomic mass is 9.93. The molecule has 92 valence electrons. The Hall–Kier alpha value is -0.590. The molecule has 0 radical (unpaired) electrons. The first-order valence-electron chi connectivity index (χ1n) is 6.30. The van der Waals surface area contributed by atoms with Crippen LogP contribution in [0.25, 0.3) is 0 Å². The van der Waals surface area contributed by atoms with Crippen LogP contribution in [0.15, 0.2) is 0 Å². The molecule has 1 fully saturated rings. The molecule has 0 amide bonds. The second kappa shape index (κ2) is 5.65. The molecule has 3 atom stereocenters. The van der Waals surface area contributed by atoms with E-state index in [0.717, 1.165) is 25.7 Å². The number of aliphatic hydroxyl groups is 1. The van der Waals surface area contributed by atoms with Gasteiger partial charge in [-0.1, -0.05) is 20.3 Å². The largest absolute Gasteiger partial charge is 0.389 e. The highest BCUT2D eigenvalue weighted by Crippen LogP contribution is 2.25. The summed E-state index contributed by atoms with van der Waals surface area (Å²) >= 11 is 0. The maximum atomic E-state index is 10.2. The van der Waals surface area contributed by atoms with Gasteiger partial charge >= 0.3 is 0 Å². The van der Waals surface area contributed by atoms with Gasteiger partial charge in [-0.2, -0.15) is 5.26 Å². The van der Waals surface area contributed by atoms with Gasteiger partial charge in [-0.25, -0.2) is 0 Å². The van der Waals surface area contributed by atoms with Crippen LogP contribution in [-0.4, -0.2) is 23.3 Å². The first kappa shape index (κ1) is 13.5. The highest BCUT2D eigenvalue weighted by molar-refractivity contribution is 4.97. The third-order valence-corrected chi connectivity index (χ3v) is 3.27. The SMILES string of the molecule is CC(C)CC(C)(O)CNC1CCCC1C#N. The number of rotatable bonds is 5. The Balaban J connectivity index is 2.36. The second-order valence-electron chi connectivity index (χ2n) is 5.75. The fourth-order valence-electron chi connectivity index (χ4n) is 2.66. The zero-order valence-electron chi connectivity index (χ0n) is 10.7. The van der Waals surface area contributed by atoms with Gasteiger partial charge in [-0.3, -0.25) is 0 Å². The Bertz CT molecular complexity index is 255. The van der Waals surface area contributed by atoms with Gasteiger partial charge in [-0.15, -0.1) is 0 Å². The summed E-state index contributed by atoms with van der Waals surface area (Å²) in [6, 6.07) is 2.63. The van der Waals surface area contributed by atoms with Crippen LogP contribution in [0, 0.1) is 23.2 Å². The lowest BCUT2D eigenvalue weighted by Gasteiger charge is -2.28. The molecule has 3 nitrogen and oxygen atoms in total. The first-order chi connectivity index (χ1) is 7.44. The third kappa shape index (κ3) is 4.11. The van der Waals surface area contributed by atoms with Gasteiger partial charge in [0.15, 0.2) is 0 Å². The minimum atomic E-state index is -0.656. The second-order valence-corrected chi connectivity index (χ2v) is 5.75. The third-order valence-electron chi connectivity index (χ3n) is 3.27. The van der Waals surface area contributed by atoms with Crippen molar-refractivity contribution in [3.05, 3.63) is 0 Å². The van der Waals surface area contributed by atoms with Gasteiger partial charge in [0.05, 0.1) is 17.6 Å². The minimum Gasteiger partial charge on any atom is -0.389 e.